The summed E-state index contributed by atoms with van der Waals surface area (Å²) in [5.74, 6) is -0.585. The molecule has 0 aliphatic rings. The summed E-state index contributed by atoms with van der Waals surface area (Å²) < 4.78 is 0. The van der Waals surface area contributed by atoms with Crippen LogP contribution in [0.5, 0.6) is 0 Å². The summed E-state index contributed by atoms with van der Waals surface area (Å²) in [6.45, 7) is 4.06. The third-order valence-corrected chi connectivity index (χ3v) is 13.5. The van der Waals surface area contributed by atoms with E-state index in [2.05, 4.69) is 31.3 Å². The minimum Gasteiger partial charge on any atom is -0.394 e. The van der Waals surface area contributed by atoms with Gasteiger partial charge in [-0.25, -0.2) is 0 Å². The first-order valence-electron chi connectivity index (χ1n) is 28.1. The van der Waals surface area contributed by atoms with E-state index in [0.29, 0.717) is 12.8 Å². The van der Waals surface area contributed by atoms with E-state index in [0.717, 1.165) is 44.9 Å². The molecule has 6 nitrogen and oxygen atoms in total. The number of carbonyl (C=O) groups is 1. The first kappa shape index (κ1) is 61.0. The number of rotatable bonds is 52. The van der Waals surface area contributed by atoms with Crippen molar-refractivity contribution in [1.29, 1.82) is 0 Å². The molecule has 0 saturated heterocycles. The largest absolute Gasteiger partial charge is 0.394 e. The molecule has 4 unspecified atom stereocenters. The van der Waals surface area contributed by atoms with Crippen molar-refractivity contribution in [1.82, 2.24) is 5.32 Å². The average molecular weight is 879 g/mol. The van der Waals surface area contributed by atoms with Crippen LogP contribution in [-0.4, -0.2) is 57.3 Å². The van der Waals surface area contributed by atoms with Gasteiger partial charge < -0.3 is 25.7 Å². The third kappa shape index (κ3) is 44.3. The van der Waals surface area contributed by atoms with Crippen LogP contribution in [0.25, 0.3) is 0 Å². The third-order valence-electron chi connectivity index (χ3n) is 13.5. The molecule has 0 heterocycles. The molecule has 0 saturated carbocycles. The molecule has 0 aromatic rings. The Morgan fingerprint density at radius 2 is 0.645 bits per heavy atom. The maximum atomic E-state index is 12.5. The summed E-state index contributed by atoms with van der Waals surface area (Å²) in [4.78, 5) is 12.5. The number of allylic oxidation sites excluding steroid dienone is 2. The summed E-state index contributed by atoms with van der Waals surface area (Å²) in [6, 6.07) is -0.985. The van der Waals surface area contributed by atoms with E-state index in [4.69, 9.17) is 0 Å². The van der Waals surface area contributed by atoms with Gasteiger partial charge in [-0.05, 0) is 38.5 Å². The Labute approximate surface area is 387 Å². The van der Waals surface area contributed by atoms with Gasteiger partial charge in [0.05, 0.1) is 18.8 Å². The maximum absolute atomic E-state index is 12.5. The van der Waals surface area contributed by atoms with Crippen LogP contribution in [0.2, 0.25) is 0 Å². The molecule has 0 fully saturated rings. The van der Waals surface area contributed by atoms with Crippen molar-refractivity contribution in [2.24, 2.45) is 0 Å². The molecule has 370 valence electrons. The number of hydrogen-bond acceptors (Lipinski definition) is 5. The van der Waals surface area contributed by atoms with Gasteiger partial charge in [-0.2, -0.15) is 0 Å². The van der Waals surface area contributed by atoms with Crippen LogP contribution in [0.1, 0.15) is 309 Å². The molecule has 0 aliphatic carbocycles. The SMILES string of the molecule is CCCCCC/C=C\CCCCCCCCC(O)C(=O)NC(CO)C(O)C(O)CCCCCCCCCCCCCCCCCCCCCCCCCCCCCCCCCC. The summed E-state index contributed by atoms with van der Waals surface area (Å²) in [6.07, 6.45) is 60.1. The topological polar surface area (TPSA) is 110 Å². The Hall–Kier alpha value is -0.950. The summed E-state index contributed by atoms with van der Waals surface area (Å²) >= 11 is 0. The molecule has 0 radical (unpaired) electrons. The lowest BCUT2D eigenvalue weighted by atomic mass is 9.99. The van der Waals surface area contributed by atoms with Gasteiger partial charge in [0.25, 0.3) is 0 Å². The molecule has 0 bridgehead atoms. The molecule has 62 heavy (non-hydrogen) atoms. The molecule has 6 heteroatoms. The van der Waals surface area contributed by atoms with E-state index in [1.165, 1.54) is 238 Å². The van der Waals surface area contributed by atoms with Crippen LogP contribution in [-0.2, 0) is 4.79 Å². The number of unbranched alkanes of at least 4 members (excludes halogenated alkanes) is 41. The van der Waals surface area contributed by atoms with Crippen molar-refractivity contribution < 1.29 is 25.2 Å². The smallest absolute Gasteiger partial charge is 0.249 e. The second kappa shape index (κ2) is 51.0. The van der Waals surface area contributed by atoms with E-state index in [-0.39, 0.29) is 0 Å². The van der Waals surface area contributed by atoms with Gasteiger partial charge in [-0.15, -0.1) is 0 Å². The lowest BCUT2D eigenvalue weighted by Crippen LogP contribution is -2.53. The summed E-state index contributed by atoms with van der Waals surface area (Å²) in [5.41, 5.74) is 0. The molecule has 0 aromatic heterocycles. The van der Waals surface area contributed by atoms with Crippen LogP contribution in [0.4, 0.5) is 0 Å². The monoisotopic (exact) mass is 878 g/mol. The fourth-order valence-corrected chi connectivity index (χ4v) is 9.05. The number of nitrogens with one attached hydrogen (secondary N) is 1. The normalized spacial score (nSPS) is 13.8. The zero-order valence-corrected chi connectivity index (χ0v) is 41.9. The minimum atomic E-state index is -1.26. The Morgan fingerprint density at radius 1 is 0.387 bits per heavy atom. The predicted octanol–water partition coefficient (Wildman–Crippen LogP) is 16.1. The van der Waals surface area contributed by atoms with Crippen LogP contribution in [0.3, 0.4) is 0 Å². The van der Waals surface area contributed by atoms with E-state index in [1.54, 1.807) is 0 Å². The number of carbonyl (C=O) groups excluding carboxylic acids is 1. The van der Waals surface area contributed by atoms with Crippen molar-refractivity contribution in [3.63, 3.8) is 0 Å². The maximum Gasteiger partial charge on any atom is 0.249 e. The van der Waals surface area contributed by atoms with Crippen molar-refractivity contribution in [2.45, 2.75) is 334 Å². The van der Waals surface area contributed by atoms with E-state index < -0.39 is 36.9 Å². The van der Waals surface area contributed by atoms with Crippen molar-refractivity contribution in [2.75, 3.05) is 6.61 Å². The molecule has 0 rings (SSSR count). The lowest BCUT2D eigenvalue weighted by molar-refractivity contribution is -0.132. The van der Waals surface area contributed by atoms with Gasteiger partial charge in [-0.3, -0.25) is 4.79 Å². The molecule has 5 N–H and O–H groups in total. The molecule has 4 atom stereocenters. The highest BCUT2D eigenvalue weighted by molar-refractivity contribution is 5.80. The Morgan fingerprint density at radius 3 is 0.952 bits per heavy atom. The van der Waals surface area contributed by atoms with Crippen LogP contribution in [0.15, 0.2) is 12.2 Å². The quantitative estimate of drug-likeness (QED) is 0.0309. The standard InChI is InChI=1S/C56H111NO5/c1-3-5-7-9-11-13-15-17-19-20-21-22-23-24-25-26-27-28-29-30-31-32-33-34-35-36-38-39-41-43-45-47-49-53(59)55(61)52(51-58)57-56(62)54(60)50-48-46-44-42-40-37-18-16-14-12-10-8-6-4-2/h14,16,52-55,58-61H,3-13,15,17-51H2,1-2H3,(H,57,62)/b16-14-. The van der Waals surface area contributed by atoms with Gasteiger partial charge in [-0.1, -0.05) is 283 Å². The van der Waals surface area contributed by atoms with Crippen molar-refractivity contribution in [3.05, 3.63) is 12.2 Å². The van der Waals surface area contributed by atoms with Crippen LogP contribution >= 0.6 is 0 Å². The second-order valence-corrected chi connectivity index (χ2v) is 19.6. The van der Waals surface area contributed by atoms with E-state index in [1.807, 2.05) is 0 Å². The summed E-state index contributed by atoms with van der Waals surface area (Å²) in [7, 11) is 0. The van der Waals surface area contributed by atoms with E-state index >= 15 is 0 Å². The Kier molecular flexibility index (Phi) is 50.3. The fourth-order valence-electron chi connectivity index (χ4n) is 9.05. The van der Waals surface area contributed by atoms with Crippen molar-refractivity contribution >= 4 is 5.91 Å². The zero-order valence-electron chi connectivity index (χ0n) is 41.9. The molecular formula is C56H111NO5. The average Bonchev–Trinajstić information content (AvgIpc) is 3.28. The lowest BCUT2D eigenvalue weighted by Gasteiger charge is -2.27. The van der Waals surface area contributed by atoms with Gasteiger partial charge in [0, 0.05) is 0 Å². The molecule has 0 aliphatic heterocycles. The molecule has 0 aromatic carbocycles. The first-order chi connectivity index (χ1) is 30.5. The fraction of sp³-hybridized carbons (Fsp3) is 0.946. The number of amides is 1. The molecule has 1 amide bonds. The van der Waals surface area contributed by atoms with Crippen molar-refractivity contribution in [3.8, 4) is 0 Å². The number of aliphatic hydroxyl groups is 4. The van der Waals surface area contributed by atoms with E-state index in [9.17, 15) is 25.2 Å². The minimum absolute atomic E-state index is 0.364. The van der Waals surface area contributed by atoms with Gasteiger partial charge >= 0.3 is 0 Å². The van der Waals surface area contributed by atoms with Crippen LogP contribution in [0, 0.1) is 0 Å². The highest BCUT2D eigenvalue weighted by atomic mass is 16.3. The Bertz CT molecular complexity index is 898. The number of hydrogen-bond donors (Lipinski definition) is 5. The zero-order chi connectivity index (χ0) is 45.2. The van der Waals surface area contributed by atoms with Gasteiger partial charge in [0.1, 0.15) is 12.2 Å². The molecule has 0 spiro atoms. The van der Waals surface area contributed by atoms with Crippen LogP contribution < -0.4 is 5.32 Å². The molecular weight excluding hydrogens is 767 g/mol. The highest BCUT2D eigenvalue weighted by Crippen LogP contribution is 2.18. The number of aliphatic hydroxyl groups excluding tert-OH is 4. The van der Waals surface area contributed by atoms with Gasteiger partial charge in [0.2, 0.25) is 5.91 Å². The second-order valence-electron chi connectivity index (χ2n) is 19.6. The highest BCUT2D eigenvalue weighted by Gasteiger charge is 2.28. The predicted molar refractivity (Wildman–Crippen MR) is 270 cm³/mol. The first-order valence-corrected chi connectivity index (χ1v) is 28.1. The van der Waals surface area contributed by atoms with Gasteiger partial charge in [0.15, 0.2) is 0 Å². The Balaban J connectivity index is 3.53. The summed E-state index contributed by atoms with van der Waals surface area (Å²) in [5, 5.41) is 43.9.